The van der Waals surface area contributed by atoms with Gasteiger partial charge < -0.3 is 10.1 Å². The highest BCUT2D eigenvalue weighted by atomic mass is 79.9. The molecule has 0 spiro atoms. The molecule has 24 heavy (non-hydrogen) atoms. The first-order chi connectivity index (χ1) is 11.4. The van der Waals surface area contributed by atoms with Gasteiger partial charge in [-0.15, -0.1) is 11.3 Å². The first kappa shape index (κ1) is 18.1. The Hall–Kier alpha value is -2.25. The standard InChI is InChI=1S/C17H14BrNO4S/c1-11(20)19-13-4-2-12(3-5-13)15(21)10-23-17(22)9-7-14-6-8-16(18)24-14/h2-9H,10H2,1H3,(H,19,20)/b9-7+. The predicted molar refractivity (Wildman–Crippen MR) is 97.1 cm³/mol. The molecule has 7 heteroatoms. The zero-order chi connectivity index (χ0) is 17.5. The van der Waals surface area contributed by atoms with E-state index in [9.17, 15) is 14.4 Å². The number of carbonyl (C=O) groups is 3. The molecule has 0 saturated heterocycles. The van der Waals surface area contributed by atoms with Gasteiger partial charge >= 0.3 is 5.97 Å². The van der Waals surface area contributed by atoms with Crippen LogP contribution < -0.4 is 5.32 Å². The molecule has 0 saturated carbocycles. The average Bonchev–Trinajstić information content (AvgIpc) is 2.96. The van der Waals surface area contributed by atoms with Gasteiger partial charge in [-0.05, 0) is 58.4 Å². The number of amides is 1. The van der Waals surface area contributed by atoms with E-state index in [1.54, 1.807) is 30.3 Å². The highest BCUT2D eigenvalue weighted by Gasteiger charge is 2.09. The summed E-state index contributed by atoms with van der Waals surface area (Å²) in [7, 11) is 0. The Balaban J connectivity index is 1.84. The van der Waals surface area contributed by atoms with Crippen molar-refractivity contribution in [3.05, 3.63) is 56.7 Å². The fraction of sp³-hybridized carbons (Fsp3) is 0.118. The number of hydrogen-bond donors (Lipinski definition) is 1. The van der Waals surface area contributed by atoms with Crippen molar-refractivity contribution in [3.8, 4) is 0 Å². The van der Waals surface area contributed by atoms with Crippen molar-refractivity contribution in [3.63, 3.8) is 0 Å². The van der Waals surface area contributed by atoms with E-state index in [-0.39, 0.29) is 18.3 Å². The summed E-state index contributed by atoms with van der Waals surface area (Å²) in [5.41, 5.74) is 1.00. The first-order valence-electron chi connectivity index (χ1n) is 6.95. The van der Waals surface area contributed by atoms with Gasteiger partial charge in [-0.25, -0.2) is 4.79 Å². The van der Waals surface area contributed by atoms with Crippen molar-refractivity contribution in [1.29, 1.82) is 0 Å². The summed E-state index contributed by atoms with van der Waals surface area (Å²) in [6.45, 7) is 1.07. The van der Waals surface area contributed by atoms with Gasteiger partial charge in [0.1, 0.15) is 0 Å². The number of ether oxygens (including phenoxy) is 1. The molecule has 1 aromatic heterocycles. The molecule has 5 nitrogen and oxygen atoms in total. The third kappa shape index (κ3) is 5.75. The monoisotopic (exact) mass is 407 g/mol. The third-order valence-corrected chi connectivity index (χ3v) is 4.44. The number of benzene rings is 1. The third-order valence-electron chi connectivity index (χ3n) is 2.85. The number of thiophene rings is 1. The van der Waals surface area contributed by atoms with Crippen LogP contribution in [0.25, 0.3) is 6.08 Å². The van der Waals surface area contributed by atoms with Crippen LogP contribution in [0, 0.1) is 0 Å². The van der Waals surface area contributed by atoms with E-state index in [1.807, 2.05) is 12.1 Å². The number of ketones is 1. The van der Waals surface area contributed by atoms with Crippen LogP contribution in [0.1, 0.15) is 22.2 Å². The lowest BCUT2D eigenvalue weighted by molar-refractivity contribution is -0.136. The molecule has 0 unspecified atom stereocenters. The van der Waals surface area contributed by atoms with Crippen LogP contribution >= 0.6 is 27.3 Å². The Morgan fingerprint density at radius 2 is 1.88 bits per heavy atom. The van der Waals surface area contributed by atoms with Crippen LogP contribution in [0.5, 0.6) is 0 Å². The molecule has 124 valence electrons. The number of nitrogens with one attached hydrogen (secondary N) is 1. The van der Waals surface area contributed by atoms with Crippen LogP contribution in [0.15, 0.2) is 46.3 Å². The maximum absolute atomic E-state index is 12.0. The number of halogens is 1. The van der Waals surface area contributed by atoms with Crippen molar-refractivity contribution in [1.82, 2.24) is 0 Å². The van der Waals surface area contributed by atoms with Crippen LogP contribution in [0.3, 0.4) is 0 Å². The Morgan fingerprint density at radius 1 is 1.17 bits per heavy atom. The van der Waals surface area contributed by atoms with Gasteiger partial charge in [-0.2, -0.15) is 0 Å². The van der Waals surface area contributed by atoms with Gasteiger partial charge in [-0.3, -0.25) is 9.59 Å². The molecule has 0 atom stereocenters. The van der Waals surface area contributed by atoms with Crippen LogP contribution in [-0.4, -0.2) is 24.3 Å². The minimum atomic E-state index is -0.581. The van der Waals surface area contributed by atoms with Crippen LogP contribution in [-0.2, 0) is 14.3 Å². The van der Waals surface area contributed by atoms with Crippen LogP contribution in [0.2, 0.25) is 0 Å². The maximum atomic E-state index is 12.0. The summed E-state index contributed by atoms with van der Waals surface area (Å²) >= 11 is 4.82. The Morgan fingerprint density at radius 3 is 2.46 bits per heavy atom. The molecule has 1 N–H and O–H groups in total. The summed E-state index contributed by atoms with van der Waals surface area (Å²) in [5.74, 6) is -1.08. The van der Waals surface area contributed by atoms with Gasteiger partial charge in [-0.1, -0.05) is 0 Å². The predicted octanol–water partition coefficient (Wildman–Crippen LogP) is 3.91. The summed E-state index contributed by atoms with van der Waals surface area (Å²) in [6.07, 6.45) is 2.91. The molecule has 0 aliphatic carbocycles. The van der Waals surface area contributed by atoms with Gasteiger partial charge in [0.15, 0.2) is 12.4 Å². The first-order valence-corrected chi connectivity index (χ1v) is 8.56. The zero-order valence-electron chi connectivity index (χ0n) is 12.7. The number of Topliss-reactive ketones (excluding diaryl/α,β-unsaturated/α-hetero) is 1. The Bertz CT molecular complexity index is 780. The largest absolute Gasteiger partial charge is 0.454 e. The second kappa shape index (κ2) is 8.56. The molecule has 0 bridgehead atoms. The summed E-state index contributed by atoms with van der Waals surface area (Å²) in [6, 6.07) is 10.1. The molecular formula is C17H14BrNO4S. The fourth-order valence-corrected chi connectivity index (χ4v) is 3.11. The van der Waals surface area contributed by atoms with Crippen molar-refractivity contribution >= 4 is 56.7 Å². The number of hydrogen-bond acceptors (Lipinski definition) is 5. The van der Waals surface area contributed by atoms with Crippen molar-refractivity contribution in [2.75, 3.05) is 11.9 Å². The SMILES string of the molecule is CC(=O)Nc1ccc(C(=O)COC(=O)/C=C/c2ccc(Br)s2)cc1. The smallest absolute Gasteiger partial charge is 0.331 e. The molecule has 2 aromatic rings. The van der Waals surface area contributed by atoms with Gasteiger partial charge in [0.2, 0.25) is 5.91 Å². The van der Waals surface area contributed by atoms with Crippen molar-refractivity contribution in [2.24, 2.45) is 0 Å². The number of anilines is 1. The normalized spacial score (nSPS) is 10.6. The lowest BCUT2D eigenvalue weighted by Crippen LogP contribution is -2.12. The lowest BCUT2D eigenvalue weighted by atomic mass is 10.1. The fourth-order valence-electron chi connectivity index (χ4n) is 1.78. The minimum absolute atomic E-state index is 0.187. The molecule has 0 aliphatic heterocycles. The van der Waals surface area contributed by atoms with E-state index in [2.05, 4.69) is 21.2 Å². The summed E-state index contributed by atoms with van der Waals surface area (Å²) in [4.78, 5) is 35.4. The highest BCUT2D eigenvalue weighted by Crippen LogP contribution is 2.22. The molecule has 1 amide bonds. The number of esters is 1. The molecule has 0 aliphatic rings. The molecule has 2 rings (SSSR count). The summed E-state index contributed by atoms with van der Waals surface area (Å²) < 4.78 is 5.90. The average molecular weight is 408 g/mol. The Kier molecular flexibility index (Phi) is 6.45. The van der Waals surface area contributed by atoms with E-state index < -0.39 is 5.97 Å². The second-order valence-corrected chi connectivity index (χ2v) is 7.26. The van der Waals surface area contributed by atoms with Crippen LogP contribution in [0.4, 0.5) is 5.69 Å². The lowest BCUT2D eigenvalue weighted by Gasteiger charge is -2.04. The van der Waals surface area contributed by atoms with E-state index in [1.165, 1.54) is 24.3 Å². The molecule has 1 aromatic carbocycles. The molecule has 0 radical (unpaired) electrons. The van der Waals surface area contributed by atoms with E-state index >= 15 is 0 Å². The maximum Gasteiger partial charge on any atom is 0.331 e. The van der Waals surface area contributed by atoms with Crippen molar-refractivity contribution < 1.29 is 19.1 Å². The van der Waals surface area contributed by atoms with Gasteiger partial charge in [0.25, 0.3) is 0 Å². The Labute approximate surface area is 151 Å². The molecular weight excluding hydrogens is 394 g/mol. The quantitative estimate of drug-likeness (QED) is 0.447. The number of carbonyl (C=O) groups excluding carboxylic acids is 3. The van der Waals surface area contributed by atoms with E-state index in [0.29, 0.717) is 11.3 Å². The highest BCUT2D eigenvalue weighted by molar-refractivity contribution is 9.11. The molecule has 1 heterocycles. The topological polar surface area (TPSA) is 72.5 Å². The molecule has 0 fully saturated rings. The van der Waals surface area contributed by atoms with Crippen molar-refractivity contribution in [2.45, 2.75) is 6.92 Å². The van der Waals surface area contributed by atoms with E-state index in [4.69, 9.17) is 4.74 Å². The second-order valence-electron chi connectivity index (χ2n) is 4.76. The minimum Gasteiger partial charge on any atom is -0.454 e. The number of rotatable bonds is 6. The van der Waals surface area contributed by atoms with E-state index in [0.717, 1.165) is 8.66 Å². The van der Waals surface area contributed by atoms with Gasteiger partial charge in [0.05, 0.1) is 3.79 Å². The van der Waals surface area contributed by atoms with Gasteiger partial charge in [0, 0.05) is 29.1 Å². The summed E-state index contributed by atoms with van der Waals surface area (Å²) in [5, 5.41) is 2.61. The zero-order valence-corrected chi connectivity index (χ0v) is 15.1.